The highest BCUT2D eigenvalue weighted by molar-refractivity contribution is 5.91. The molecule has 1 aromatic carbocycles. The van der Waals surface area contributed by atoms with E-state index in [4.69, 9.17) is 9.47 Å². The van der Waals surface area contributed by atoms with Crippen LogP contribution in [0.25, 0.3) is 0 Å². The van der Waals surface area contributed by atoms with Gasteiger partial charge < -0.3 is 14.8 Å². The highest BCUT2D eigenvalue weighted by atomic mass is 16.7. The Balaban J connectivity index is 1.36. The molecule has 4 rings (SSSR count). The normalized spacial score (nSPS) is 17.0. The molecule has 30 heavy (non-hydrogen) atoms. The Kier molecular flexibility index (Phi) is 5.76. The van der Waals surface area contributed by atoms with E-state index in [-0.39, 0.29) is 5.91 Å². The molecule has 1 aliphatic carbocycles. The van der Waals surface area contributed by atoms with E-state index in [1.807, 2.05) is 25.1 Å². The lowest BCUT2D eigenvalue weighted by atomic mass is 9.94. The molecule has 0 bridgehead atoms. The SMILES string of the molecule is Cc1nn(CC(C)C)c(C)c1CCC(=O)Nc1ccc2c(c1)OC1(CCCCC1)O2. The molecule has 1 aliphatic heterocycles. The van der Waals surface area contributed by atoms with E-state index >= 15 is 0 Å². The Hall–Kier alpha value is -2.50. The molecule has 1 amide bonds. The smallest absolute Gasteiger partial charge is 0.251 e. The maximum Gasteiger partial charge on any atom is 0.251 e. The van der Waals surface area contributed by atoms with E-state index in [1.165, 1.54) is 12.0 Å². The third-order valence-corrected chi connectivity index (χ3v) is 6.11. The van der Waals surface area contributed by atoms with E-state index < -0.39 is 5.79 Å². The van der Waals surface area contributed by atoms with E-state index in [9.17, 15) is 4.79 Å². The van der Waals surface area contributed by atoms with Gasteiger partial charge >= 0.3 is 0 Å². The van der Waals surface area contributed by atoms with Gasteiger partial charge in [0.05, 0.1) is 5.69 Å². The van der Waals surface area contributed by atoms with Crippen molar-refractivity contribution >= 4 is 11.6 Å². The molecular formula is C24H33N3O3. The molecule has 0 radical (unpaired) electrons. The number of aryl methyl sites for hydroxylation is 1. The fourth-order valence-corrected chi connectivity index (χ4v) is 4.55. The van der Waals surface area contributed by atoms with Crippen molar-refractivity contribution in [2.24, 2.45) is 5.92 Å². The lowest BCUT2D eigenvalue weighted by Crippen LogP contribution is -2.40. The van der Waals surface area contributed by atoms with Crippen molar-refractivity contribution in [2.75, 3.05) is 5.32 Å². The summed E-state index contributed by atoms with van der Waals surface area (Å²) in [4.78, 5) is 12.6. The Morgan fingerprint density at radius 1 is 1.17 bits per heavy atom. The molecule has 1 spiro atoms. The highest BCUT2D eigenvalue weighted by Gasteiger charge is 2.42. The molecule has 1 fully saturated rings. The van der Waals surface area contributed by atoms with Gasteiger partial charge in [-0.1, -0.05) is 20.3 Å². The largest absolute Gasteiger partial charge is 0.448 e. The molecule has 6 nitrogen and oxygen atoms in total. The van der Waals surface area contributed by atoms with Crippen molar-refractivity contribution < 1.29 is 14.3 Å². The van der Waals surface area contributed by atoms with E-state index in [0.29, 0.717) is 18.8 Å². The number of rotatable bonds is 6. The van der Waals surface area contributed by atoms with Crippen LogP contribution in [-0.2, 0) is 17.8 Å². The number of carbonyl (C=O) groups excluding carboxylic acids is 1. The van der Waals surface area contributed by atoms with Crippen molar-refractivity contribution in [3.63, 3.8) is 0 Å². The molecule has 2 aromatic rings. The zero-order chi connectivity index (χ0) is 21.3. The Morgan fingerprint density at radius 3 is 2.63 bits per heavy atom. The van der Waals surface area contributed by atoms with Crippen LogP contribution in [0.5, 0.6) is 11.5 Å². The molecule has 0 atom stereocenters. The first-order chi connectivity index (χ1) is 14.3. The summed E-state index contributed by atoms with van der Waals surface area (Å²) in [6, 6.07) is 5.67. The zero-order valence-corrected chi connectivity index (χ0v) is 18.6. The van der Waals surface area contributed by atoms with Gasteiger partial charge in [0.2, 0.25) is 5.91 Å². The first kappa shape index (κ1) is 20.8. The first-order valence-corrected chi connectivity index (χ1v) is 11.2. The van der Waals surface area contributed by atoms with Gasteiger partial charge in [0.15, 0.2) is 11.5 Å². The van der Waals surface area contributed by atoms with E-state index in [2.05, 4.69) is 35.9 Å². The third kappa shape index (κ3) is 4.32. The summed E-state index contributed by atoms with van der Waals surface area (Å²) in [7, 11) is 0. The number of nitrogens with one attached hydrogen (secondary N) is 1. The van der Waals surface area contributed by atoms with Crippen LogP contribution >= 0.6 is 0 Å². The summed E-state index contributed by atoms with van der Waals surface area (Å²) in [5, 5.41) is 7.66. The quantitative estimate of drug-likeness (QED) is 0.713. The van der Waals surface area contributed by atoms with Gasteiger partial charge in [-0.25, -0.2) is 0 Å². The number of hydrogen-bond acceptors (Lipinski definition) is 4. The molecule has 162 valence electrons. The van der Waals surface area contributed by atoms with Crippen molar-refractivity contribution in [2.45, 2.75) is 85.0 Å². The topological polar surface area (TPSA) is 65.4 Å². The molecule has 2 heterocycles. The fraction of sp³-hybridized carbons (Fsp3) is 0.583. The number of aromatic nitrogens is 2. The van der Waals surface area contributed by atoms with Crippen molar-refractivity contribution in [3.8, 4) is 11.5 Å². The minimum absolute atomic E-state index is 0.00310. The second kappa shape index (κ2) is 8.32. The van der Waals surface area contributed by atoms with Crippen molar-refractivity contribution in [1.82, 2.24) is 9.78 Å². The maximum atomic E-state index is 12.6. The highest BCUT2D eigenvalue weighted by Crippen LogP contribution is 2.46. The van der Waals surface area contributed by atoms with Crippen LogP contribution in [0.2, 0.25) is 0 Å². The Morgan fingerprint density at radius 2 is 1.90 bits per heavy atom. The van der Waals surface area contributed by atoms with Crippen LogP contribution < -0.4 is 14.8 Å². The third-order valence-electron chi connectivity index (χ3n) is 6.11. The Bertz CT molecular complexity index is 926. The van der Waals surface area contributed by atoms with Gasteiger partial charge in [-0.3, -0.25) is 9.48 Å². The lowest BCUT2D eigenvalue weighted by molar-refractivity contribution is -0.116. The van der Waals surface area contributed by atoms with E-state index in [0.717, 1.165) is 60.8 Å². The van der Waals surface area contributed by atoms with Crippen molar-refractivity contribution in [1.29, 1.82) is 0 Å². The number of amides is 1. The molecule has 1 N–H and O–H groups in total. The summed E-state index contributed by atoms with van der Waals surface area (Å²) in [5.74, 6) is 1.55. The van der Waals surface area contributed by atoms with Crippen LogP contribution in [0.3, 0.4) is 0 Å². The summed E-state index contributed by atoms with van der Waals surface area (Å²) in [6.07, 6.45) is 6.46. The molecule has 0 saturated heterocycles. The number of ether oxygens (including phenoxy) is 2. The van der Waals surface area contributed by atoms with Gasteiger partial charge in [0, 0.05) is 43.3 Å². The predicted molar refractivity (Wildman–Crippen MR) is 117 cm³/mol. The first-order valence-electron chi connectivity index (χ1n) is 11.2. The summed E-state index contributed by atoms with van der Waals surface area (Å²) >= 11 is 0. The predicted octanol–water partition coefficient (Wildman–Crippen LogP) is 5.16. The van der Waals surface area contributed by atoms with Crippen molar-refractivity contribution in [3.05, 3.63) is 35.2 Å². The minimum atomic E-state index is -0.492. The molecule has 1 saturated carbocycles. The number of carbonyl (C=O) groups is 1. The van der Waals surface area contributed by atoms with Crippen LogP contribution in [0.15, 0.2) is 18.2 Å². The number of nitrogens with zero attached hydrogens (tertiary/aromatic N) is 2. The van der Waals surface area contributed by atoms with Gasteiger partial charge in [0.1, 0.15) is 0 Å². The van der Waals surface area contributed by atoms with Crippen LogP contribution in [0.1, 0.15) is 69.3 Å². The van der Waals surface area contributed by atoms with Gasteiger partial charge in [-0.15, -0.1) is 0 Å². The Labute approximate surface area is 178 Å². The molecule has 0 unspecified atom stereocenters. The number of hydrogen-bond donors (Lipinski definition) is 1. The maximum absolute atomic E-state index is 12.6. The average molecular weight is 412 g/mol. The average Bonchev–Trinajstić information content (AvgIpc) is 3.16. The number of anilines is 1. The lowest BCUT2D eigenvalue weighted by Gasteiger charge is -2.31. The fourth-order valence-electron chi connectivity index (χ4n) is 4.55. The summed E-state index contributed by atoms with van der Waals surface area (Å²) < 4.78 is 14.3. The van der Waals surface area contributed by atoms with Gasteiger partial charge in [0.25, 0.3) is 5.79 Å². The summed E-state index contributed by atoms with van der Waals surface area (Å²) in [6.45, 7) is 9.39. The second-order valence-electron chi connectivity index (χ2n) is 9.11. The zero-order valence-electron chi connectivity index (χ0n) is 18.6. The standard InChI is InChI=1S/C24H33N3O3/c1-16(2)15-27-18(4)20(17(3)26-27)9-11-23(28)25-19-8-10-21-22(14-19)30-24(29-21)12-6-5-7-13-24/h8,10,14,16H,5-7,9,11-13,15H2,1-4H3,(H,25,28). The monoisotopic (exact) mass is 411 g/mol. The second-order valence-corrected chi connectivity index (χ2v) is 9.11. The molecule has 1 aromatic heterocycles. The van der Waals surface area contributed by atoms with Gasteiger partial charge in [-0.05, 0) is 56.7 Å². The summed E-state index contributed by atoms with van der Waals surface area (Å²) in [5.41, 5.74) is 4.10. The van der Waals surface area contributed by atoms with Crippen LogP contribution in [-0.4, -0.2) is 21.5 Å². The van der Waals surface area contributed by atoms with Crippen LogP contribution in [0, 0.1) is 19.8 Å². The molecular weight excluding hydrogens is 378 g/mol. The van der Waals surface area contributed by atoms with Gasteiger partial charge in [-0.2, -0.15) is 5.10 Å². The number of fused-ring (bicyclic) bond motifs is 1. The van der Waals surface area contributed by atoms with Crippen LogP contribution in [0.4, 0.5) is 5.69 Å². The molecule has 2 aliphatic rings. The minimum Gasteiger partial charge on any atom is -0.448 e. The molecule has 6 heteroatoms. The van der Waals surface area contributed by atoms with E-state index in [1.54, 1.807) is 0 Å². The number of benzene rings is 1.